The number of carbonyl (C=O) groups excluding carboxylic acids is 1. The fraction of sp³-hybridized carbons (Fsp3) is 0.250. The van der Waals surface area contributed by atoms with Crippen LogP contribution in [0, 0.1) is 6.92 Å². The number of rotatable bonds is 8. The fourth-order valence-electron chi connectivity index (χ4n) is 2.75. The van der Waals surface area contributed by atoms with Crippen LogP contribution in [0.2, 0.25) is 0 Å². The third-order valence-corrected chi connectivity index (χ3v) is 7.50. The number of hydrogen-bond acceptors (Lipinski definition) is 7. The highest BCUT2D eigenvalue weighted by Gasteiger charge is 2.29. The van der Waals surface area contributed by atoms with Gasteiger partial charge < -0.3 is 0 Å². The van der Waals surface area contributed by atoms with E-state index >= 15 is 0 Å². The smallest absolute Gasteiger partial charge is 0.249 e. The van der Waals surface area contributed by atoms with Gasteiger partial charge in [0.2, 0.25) is 21.1 Å². The van der Waals surface area contributed by atoms with Crippen LogP contribution in [0.1, 0.15) is 18.1 Å². The highest BCUT2D eigenvalue weighted by Crippen LogP contribution is 2.29. The molecule has 0 radical (unpaired) electrons. The Morgan fingerprint density at radius 3 is 2.43 bits per heavy atom. The molecule has 1 heterocycles. The van der Waals surface area contributed by atoms with Crippen molar-refractivity contribution in [3.63, 3.8) is 0 Å². The van der Waals surface area contributed by atoms with Gasteiger partial charge in [-0.05, 0) is 31.5 Å². The lowest BCUT2D eigenvalue weighted by Gasteiger charge is -2.27. The molecule has 0 saturated carbocycles. The molecular formula is C20H22N4O3S3. The van der Waals surface area contributed by atoms with E-state index in [1.807, 2.05) is 37.3 Å². The zero-order valence-corrected chi connectivity index (χ0v) is 19.2. The van der Waals surface area contributed by atoms with Gasteiger partial charge >= 0.3 is 0 Å². The summed E-state index contributed by atoms with van der Waals surface area (Å²) in [6.07, 6.45) is 1.08. The molecule has 0 fully saturated rings. The summed E-state index contributed by atoms with van der Waals surface area (Å²) in [7, 11) is -3.67. The Morgan fingerprint density at radius 2 is 1.80 bits per heavy atom. The first-order chi connectivity index (χ1) is 14.2. The van der Waals surface area contributed by atoms with E-state index in [2.05, 4.69) is 15.5 Å². The van der Waals surface area contributed by atoms with Crippen LogP contribution < -0.4 is 9.62 Å². The molecule has 158 valence electrons. The van der Waals surface area contributed by atoms with Gasteiger partial charge in [-0.1, -0.05) is 71.1 Å². The van der Waals surface area contributed by atoms with Gasteiger partial charge in [0.1, 0.15) is 6.04 Å². The number of sulfonamides is 1. The van der Waals surface area contributed by atoms with Crippen molar-refractivity contribution in [3.8, 4) is 0 Å². The first-order valence-corrected chi connectivity index (χ1v) is 12.8. The first kappa shape index (κ1) is 22.3. The zero-order valence-electron chi connectivity index (χ0n) is 16.8. The van der Waals surface area contributed by atoms with E-state index in [-0.39, 0.29) is 0 Å². The van der Waals surface area contributed by atoms with Crippen LogP contribution in [0.5, 0.6) is 0 Å². The predicted molar refractivity (Wildman–Crippen MR) is 123 cm³/mol. The molecule has 1 atom stereocenters. The predicted octanol–water partition coefficient (Wildman–Crippen LogP) is 3.93. The molecule has 1 N–H and O–H groups in total. The summed E-state index contributed by atoms with van der Waals surface area (Å²) >= 11 is 2.78. The van der Waals surface area contributed by atoms with Gasteiger partial charge in [-0.3, -0.25) is 14.4 Å². The molecule has 0 aliphatic rings. The summed E-state index contributed by atoms with van der Waals surface area (Å²) in [5.74, 6) is 0.270. The third kappa shape index (κ3) is 5.80. The number of hydrogen-bond donors (Lipinski definition) is 1. The minimum Gasteiger partial charge on any atom is -0.299 e. The van der Waals surface area contributed by atoms with Gasteiger partial charge in [0.25, 0.3) is 0 Å². The van der Waals surface area contributed by atoms with Crippen molar-refractivity contribution in [2.24, 2.45) is 0 Å². The van der Waals surface area contributed by atoms with Crippen LogP contribution in [0.4, 0.5) is 10.8 Å². The quantitative estimate of drug-likeness (QED) is 0.403. The fourth-order valence-corrected chi connectivity index (χ4v) is 5.63. The van der Waals surface area contributed by atoms with Crippen molar-refractivity contribution in [2.45, 2.75) is 30.0 Å². The number of nitrogens with one attached hydrogen (secondary N) is 1. The number of nitrogens with zero attached hydrogens (tertiary/aromatic N) is 3. The first-order valence-electron chi connectivity index (χ1n) is 9.11. The van der Waals surface area contributed by atoms with Crippen LogP contribution in [0.3, 0.4) is 0 Å². The lowest BCUT2D eigenvalue weighted by molar-refractivity contribution is -0.116. The summed E-state index contributed by atoms with van der Waals surface area (Å²) in [5, 5.41) is 11.1. The SMILES string of the molecule is Cc1ccc(N([C@H](C)C(=O)Nc2nnc(SCc3ccccc3)s2)S(C)(=O)=O)cc1. The van der Waals surface area contributed by atoms with E-state index in [1.54, 1.807) is 31.2 Å². The summed E-state index contributed by atoms with van der Waals surface area (Å²) < 4.78 is 26.5. The van der Waals surface area contributed by atoms with Gasteiger partial charge in [0, 0.05) is 5.75 Å². The van der Waals surface area contributed by atoms with Crippen LogP contribution >= 0.6 is 23.1 Å². The topological polar surface area (TPSA) is 92.3 Å². The highest BCUT2D eigenvalue weighted by atomic mass is 32.2. The number of aryl methyl sites for hydroxylation is 1. The zero-order chi connectivity index (χ0) is 21.7. The van der Waals surface area contributed by atoms with E-state index in [1.165, 1.54) is 28.7 Å². The van der Waals surface area contributed by atoms with Crippen molar-refractivity contribution in [1.82, 2.24) is 10.2 Å². The Bertz CT molecular complexity index is 1100. The molecule has 3 rings (SSSR count). The van der Waals surface area contributed by atoms with Crippen LogP contribution in [-0.4, -0.2) is 36.8 Å². The summed E-state index contributed by atoms with van der Waals surface area (Å²) in [5.41, 5.74) is 2.60. The molecule has 3 aromatic rings. The maximum atomic E-state index is 12.7. The number of benzene rings is 2. The maximum absolute atomic E-state index is 12.7. The lowest BCUT2D eigenvalue weighted by atomic mass is 10.2. The monoisotopic (exact) mass is 462 g/mol. The van der Waals surface area contributed by atoms with E-state index in [4.69, 9.17) is 0 Å². The molecule has 1 amide bonds. The molecule has 2 aromatic carbocycles. The molecule has 1 aromatic heterocycles. The number of amides is 1. The molecule has 0 saturated heterocycles. The Labute approximate surface area is 184 Å². The highest BCUT2D eigenvalue weighted by molar-refractivity contribution is 8.00. The molecule has 7 nitrogen and oxygen atoms in total. The van der Waals surface area contributed by atoms with Gasteiger partial charge in [-0.15, -0.1) is 10.2 Å². The summed E-state index contributed by atoms with van der Waals surface area (Å²) in [4.78, 5) is 12.7. The second kappa shape index (κ2) is 9.59. The number of thioether (sulfide) groups is 1. The largest absolute Gasteiger partial charge is 0.299 e. The average molecular weight is 463 g/mol. The van der Waals surface area contributed by atoms with E-state index in [0.29, 0.717) is 10.8 Å². The molecule has 0 aliphatic heterocycles. The van der Waals surface area contributed by atoms with Gasteiger partial charge in [0.15, 0.2) is 4.34 Å². The Balaban J connectivity index is 1.68. The molecular weight excluding hydrogens is 440 g/mol. The van der Waals surface area contributed by atoms with Crippen molar-refractivity contribution >= 4 is 49.8 Å². The molecule has 0 bridgehead atoms. The minimum atomic E-state index is -3.67. The van der Waals surface area contributed by atoms with Crippen molar-refractivity contribution in [2.75, 3.05) is 15.9 Å². The van der Waals surface area contributed by atoms with Crippen LogP contribution in [0.15, 0.2) is 58.9 Å². The van der Waals surface area contributed by atoms with Gasteiger partial charge in [0.05, 0.1) is 11.9 Å². The molecule has 0 spiro atoms. The van der Waals surface area contributed by atoms with E-state index < -0.39 is 22.0 Å². The summed E-state index contributed by atoms with van der Waals surface area (Å²) in [6, 6.07) is 16.0. The normalized spacial score (nSPS) is 12.4. The summed E-state index contributed by atoms with van der Waals surface area (Å²) in [6.45, 7) is 3.45. The second-order valence-electron chi connectivity index (χ2n) is 6.71. The second-order valence-corrected chi connectivity index (χ2v) is 10.8. The third-order valence-electron chi connectivity index (χ3n) is 4.22. The van der Waals surface area contributed by atoms with Crippen LogP contribution in [0.25, 0.3) is 0 Å². The van der Waals surface area contributed by atoms with Crippen molar-refractivity contribution < 1.29 is 13.2 Å². The number of carbonyl (C=O) groups is 1. The number of anilines is 2. The van der Waals surface area contributed by atoms with Gasteiger partial charge in [-0.25, -0.2) is 8.42 Å². The van der Waals surface area contributed by atoms with Crippen molar-refractivity contribution in [3.05, 3.63) is 65.7 Å². The van der Waals surface area contributed by atoms with Crippen molar-refractivity contribution in [1.29, 1.82) is 0 Å². The Kier molecular flexibility index (Phi) is 7.11. The average Bonchev–Trinajstić information content (AvgIpc) is 3.15. The lowest BCUT2D eigenvalue weighted by Crippen LogP contribution is -2.45. The Hall–Kier alpha value is -2.43. The van der Waals surface area contributed by atoms with E-state index in [0.717, 1.165) is 26.2 Å². The molecule has 0 unspecified atom stereocenters. The number of aromatic nitrogens is 2. The molecule has 30 heavy (non-hydrogen) atoms. The molecule has 10 heteroatoms. The van der Waals surface area contributed by atoms with Crippen LogP contribution in [-0.2, 0) is 20.6 Å². The van der Waals surface area contributed by atoms with Gasteiger partial charge in [-0.2, -0.15) is 0 Å². The Morgan fingerprint density at radius 1 is 1.13 bits per heavy atom. The standard InChI is InChI=1S/C20H22N4O3S3/c1-14-9-11-17(12-10-14)24(30(3,26)27)15(2)18(25)21-19-22-23-20(29-19)28-13-16-7-5-4-6-8-16/h4-12,15H,13H2,1-3H3,(H,21,22,25)/t15-/m1/s1. The minimum absolute atomic E-state index is 0.333. The maximum Gasteiger partial charge on any atom is 0.249 e. The molecule has 0 aliphatic carbocycles. The van der Waals surface area contributed by atoms with E-state index in [9.17, 15) is 13.2 Å².